The van der Waals surface area contributed by atoms with Crippen molar-refractivity contribution in [2.24, 2.45) is 0 Å². The van der Waals surface area contributed by atoms with Crippen LogP contribution in [0.5, 0.6) is 5.75 Å². The second kappa shape index (κ2) is 6.47. The summed E-state index contributed by atoms with van der Waals surface area (Å²) in [5, 5.41) is 4.93. The Labute approximate surface area is 158 Å². The number of hydrogen-bond donors (Lipinski definition) is 2. The van der Waals surface area contributed by atoms with Gasteiger partial charge in [0.2, 0.25) is 0 Å². The number of H-pyrrole nitrogens is 1. The summed E-state index contributed by atoms with van der Waals surface area (Å²) in [5.41, 5.74) is 6.89. The van der Waals surface area contributed by atoms with Crippen molar-refractivity contribution in [3.63, 3.8) is 0 Å². The third-order valence-corrected chi connectivity index (χ3v) is 5.12. The Balaban J connectivity index is 1.65. The van der Waals surface area contributed by atoms with Gasteiger partial charge in [-0.2, -0.15) is 0 Å². The standard InChI is InChI=1S/C23H21N3O/c1-2-13-27-16-9-7-15(8-10-16)22-19-14-25-23-21(19)18(11-12-24-23)17-5-3-4-6-20(17)26-22/h3-12,14,22,26H,2,13H2,1H3,(H,24,25). The zero-order chi connectivity index (χ0) is 18.2. The summed E-state index contributed by atoms with van der Waals surface area (Å²) in [7, 11) is 0. The summed E-state index contributed by atoms with van der Waals surface area (Å²) < 4.78 is 5.74. The number of para-hydroxylation sites is 1. The van der Waals surface area contributed by atoms with Crippen molar-refractivity contribution in [2.75, 3.05) is 11.9 Å². The first-order valence-electron chi connectivity index (χ1n) is 9.40. The fourth-order valence-corrected chi connectivity index (χ4v) is 3.85. The zero-order valence-electron chi connectivity index (χ0n) is 15.2. The lowest BCUT2D eigenvalue weighted by Gasteiger charge is -2.20. The average Bonchev–Trinajstić information content (AvgIpc) is 3.09. The number of fused-ring (bicyclic) bond motifs is 2. The van der Waals surface area contributed by atoms with E-state index in [1.54, 1.807) is 0 Å². The molecule has 0 spiro atoms. The molecule has 1 aliphatic heterocycles. The maximum absolute atomic E-state index is 5.74. The number of hydrogen-bond acceptors (Lipinski definition) is 3. The second-order valence-electron chi connectivity index (χ2n) is 6.87. The summed E-state index contributed by atoms with van der Waals surface area (Å²) in [4.78, 5) is 7.87. The lowest BCUT2D eigenvalue weighted by atomic mass is 9.97. The first-order valence-corrected chi connectivity index (χ1v) is 9.40. The molecule has 4 heteroatoms. The van der Waals surface area contributed by atoms with Crippen LogP contribution in [0.4, 0.5) is 5.69 Å². The smallest absolute Gasteiger partial charge is 0.138 e. The molecule has 1 aliphatic rings. The molecule has 27 heavy (non-hydrogen) atoms. The van der Waals surface area contributed by atoms with Gasteiger partial charge in [-0.15, -0.1) is 0 Å². The Kier molecular flexibility index (Phi) is 3.82. The molecule has 4 nitrogen and oxygen atoms in total. The van der Waals surface area contributed by atoms with E-state index in [9.17, 15) is 0 Å². The van der Waals surface area contributed by atoms with Gasteiger partial charge in [-0.1, -0.05) is 37.3 Å². The first-order chi connectivity index (χ1) is 13.3. The molecular formula is C23H21N3O. The monoisotopic (exact) mass is 355 g/mol. The molecule has 2 aromatic heterocycles. The van der Waals surface area contributed by atoms with E-state index in [2.05, 4.69) is 83.0 Å². The molecule has 2 aromatic carbocycles. The SMILES string of the molecule is CCCOc1ccc(C2Nc3ccccc3-c3ccnc4[nH]cc2c34)cc1. The van der Waals surface area contributed by atoms with E-state index in [0.717, 1.165) is 30.1 Å². The Hall–Kier alpha value is -3.27. The van der Waals surface area contributed by atoms with Crippen LogP contribution in [0.3, 0.4) is 0 Å². The van der Waals surface area contributed by atoms with Crippen LogP contribution in [0.2, 0.25) is 0 Å². The quantitative estimate of drug-likeness (QED) is 0.506. The third-order valence-electron chi connectivity index (χ3n) is 5.12. The highest BCUT2D eigenvalue weighted by Gasteiger charge is 2.25. The molecule has 5 rings (SSSR count). The Bertz CT molecular complexity index is 1100. The van der Waals surface area contributed by atoms with Crippen LogP contribution in [-0.2, 0) is 0 Å². The normalized spacial score (nSPS) is 15.1. The molecule has 0 amide bonds. The molecule has 134 valence electrons. The van der Waals surface area contributed by atoms with Gasteiger partial charge in [-0.25, -0.2) is 4.98 Å². The summed E-state index contributed by atoms with van der Waals surface area (Å²) in [5.74, 6) is 0.913. The molecule has 0 fully saturated rings. The molecule has 3 heterocycles. The van der Waals surface area contributed by atoms with E-state index >= 15 is 0 Å². The highest BCUT2D eigenvalue weighted by Crippen LogP contribution is 2.43. The average molecular weight is 355 g/mol. The van der Waals surface area contributed by atoms with Crippen molar-refractivity contribution in [3.8, 4) is 16.9 Å². The minimum absolute atomic E-state index is 0.0468. The molecule has 0 radical (unpaired) electrons. The maximum atomic E-state index is 5.74. The van der Waals surface area contributed by atoms with Crippen LogP contribution in [0.25, 0.3) is 22.2 Å². The predicted octanol–water partition coefficient (Wildman–Crippen LogP) is 5.53. The molecule has 0 aliphatic carbocycles. The van der Waals surface area contributed by atoms with Crippen LogP contribution in [-0.4, -0.2) is 16.6 Å². The van der Waals surface area contributed by atoms with E-state index in [0.29, 0.717) is 0 Å². The van der Waals surface area contributed by atoms with Crippen molar-refractivity contribution < 1.29 is 4.74 Å². The Morgan fingerprint density at radius 1 is 1.00 bits per heavy atom. The van der Waals surface area contributed by atoms with Gasteiger partial charge in [0, 0.05) is 34.6 Å². The molecule has 4 aromatic rings. The summed E-state index contributed by atoms with van der Waals surface area (Å²) in [6.45, 7) is 2.86. The van der Waals surface area contributed by atoms with Crippen molar-refractivity contribution in [1.82, 2.24) is 9.97 Å². The predicted molar refractivity (Wildman–Crippen MR) is 109 cm³/mol. The van der Waals surface area contributed by atoms with Gasteiger partial charge in [0.25, 0.3) is 0 Å². The number of pyridine rings is 1. The number of nitrogens with zero attached hydrogens (tertiary/aromatic N) is 1. The molecule has 1 atom stereocenters. The van der Waals surface area contributed by atoms with Crippen molar-refractivity contribution in [1.29, 1.82) is 0 Å². The molecule has 0 bridgehead atoms. The molecule has 1 unspecified atom stereocenters. The van der Waals surface area contributed by atoms with Gasteiger partial charge >= 0.3 is 0 Å². The van der Waals surface area contributed by atoms with Crippen LogP contribution >= 0.6 is 0 Å². The van der Waals surface area contributed by atoms with Gasteiger partial charge in [0.1, 0.15) is 11.4 Å². The van der Waals surface area contributed by atoms with E-state index < -0.39 is 0 Å². The summed E-state index contributed by atoms with van der Waals surface area (Å²) in [6, 6.07) is 19.0. The van der Waals surface area contributed by atoms with Gasteiger partial charge in [-0.3, -0.25) is 0 Å². The van der Waals surface area contributed by atoms with Gasteiger partial charge in [0.05, 0.1) is 12.6 Å². The van der Waals surface area contributed by atoms with Crippen molar-refractivity contribution >= 4 is 16.7 Å². The van der Waals surface area contributed by atoms with E-state index in [1.165, 1.54) is 27.6 Å². The number of benzene rings is 2. The largest absolute Gasteiger partial charge is 0.494 e. The maximum Gasteiger partial charge on any atom is 0.138 e. The first kappa shape index (κ1) is 15.9. The number of ether oxygens (including phenoxy) is 1. The summed E-state index contributed by atoms with van der Waals surface area (Å²) in [6.07, 6.45) is 4.95. The molecule has 0 saturated heterocycles. The Morgan fingerprint density at radius 2 is 1.85 bits per heavy atom. The van der Waals surface area contributed by atoms with Crippen molar-refractivity contribution in [3.05, 3.63) is 78.1 Å². The van der Waals surface area contributed by atoms with E-state index in [1.807, 2.05) is 6.20 Å². The molecule has 0 saturated carbocycles. The third kappa shape index (κ3) is 2.65. The number of rotatable bonds is 4. The fraction of sp³-hybridized carbons (Fsp3) is 0.174. The molecular weight excluding hydrogens is 334 g/mol. The van der Waals surface area contributed by atoms with E-state index in [4.69, 9.17) is 4.74 Å². The number of aromatic nitrogens is 2. The fourth-order valence-electron chi connectivity index (χ4n) is 3.85. The summed E-state index contributed by atoms with van der Waals surface area (Å²) >= 11 is 0. The van der Waals surface area contributed by atoms with Gasteiger partial charge in [-0.05, 0) is 41.8 Å². The van der Waals surface area contributed by atoms with Crippen molar-refractivity contribution in [2.45, 2.75) is 19.4 Å². The highest BCUT2D eigenvalue weighted by atomic mass is 16.5. The minimum Gasteiger partial charge on any atom is -0.494 e. The van der Waals surface area contributed by atoms with Crippen LogP contribution in [0.15, 0.2) is 67.0 Å². The van der Waals surface area contributed by atoms with Gasteiger partial charge in [0.15, 0.2) is 0 Å². The minimum atomic E-state index is 0.0468. The van der Waals surface area contributed by atoms with Crippen LogP contribution in [0, 0.1) is 0 Å². The van der Waals surface area contributed by atoms with Gasteiger partial charge < -0.3 is 15.0 Å². The topological polar surface area (TPSA) is 49.9 Å². The highest BCUT2D eigenvalue weighted by molar-refractivity contribution is 6.01. The number of anilines is 1. The lowest BCUT2D eigenvalue weighted by Crippen LogP contribution is -2.11. The van der Waals surface area contributed by atoms with Crippen LogP contribution in [0.1, 0.15) is 30.5 Å². The van der Waals surface area contributed by atoms with Crippen LogP contribution < -0.4 is 10.1 Å². The number of aromatic amines is 1. The molecule has 2 N–H and O–H groups in total. The zero-order valence-corrected chi connectivity index (χ0v) is 15.2. The van der Waals surface area contributed by atoms with E-state index in [-0.39, 0.29) is 6.04 Å². The number of nitrogens with one attached hydrogen (secondary N) is 2. The Morgan fingerprint density at radius 3 is 2.70 bits per heavy atom. The lowest BCUT2D eigenvalue weighted by molar-refractivity contribution is 0.317. The second-order valence-corrected chi connectivity index (χ2v) is 6.87.